The van der Waals surface area contributed by atoms with Gasteiger partial charge in [-0.2, -0.15) is 5.10 Å². The van der Waals surface area contributed by atoms with Gasteiger partial charge in [0.1, 0.15) is 11.4 Å². The number of benzene rings is 4. The molecule has 0 fully saturated rings. The Morgan fingerprint density at radius 2 is 1.68 bits per heavy atom. The van der Waals surface area contributed by atoms with Crippen LogP contribution >= 0.6 is 39.1 Å². The van der Waals surface area contributed by atoms with Crippen LogP contribution in [0.3, 0.4) is 0 Å². The molecule has 0 radical (unpaired) electrons. The molecule has 0 unspecified atom stereocenters. The number of carbonyl (C=O) groups excluding carboxylic acids is 2. The molecule has 0 bridgehead atoms. The Bertz CT molecular complexity index is 1810. The smallest absolute Gasteiger partial charge is 0.345 e. The van der Waals surface area contributed by atoms with E-state index in [1.165, 1.54) is 6.21 Å². The minimum absolute atomic E-state index is 0.236. The molecule has 5 rings (SSSR count). The third kappa shape index (κ3) is 5.68. The van der Waals surface area contributed by atoms with E-state index < -0.39 is 11.9 Å². The molecule has 6 nitrogen and oxygen atoms in total. The minimum Gasteiger partial charge on any atom is -0.422 e. The molecule has 1 heterocycles. The number of H-pyrrole nitrogens is 1. The van der Waals surface area contributed by atoms with E-state index in [1.807, 2.05) is 44.2 Å². The lowest BCUT2D eigenvalue weighted by Crippen LogP contribution is -2.19. The maximum atomic E-state index is 13.4. The molecule has 0 spiro atoms. The molecule has 0 aliphatic rings. The number of aromatic nitrogens is 1. The fourth-order valence-corrected chi connectivity index (χ4v) is 5.30. The largest absolute Gasteiger partial charge is 0.422 e. The monoisotopic (exact) mass is 633 g/mol. The number of fused-ring (bicyclic) bond motifs is 1. The number of hydrogen-bond acceptors (Lipinski definition) is 4. The molecule has 4 aromatic carbocycles. The Labute approximate surface area is 249 Å². The van der Waals surface area contributed by atoms with Crippen LogP contribution < -0.4 is 10.2 Å². The predicted octanol–water partition coefficient (Wildman–Crippen LogP) is 8.50. The lowest BCUT2D eigenvalue weighted by molar-refractivity contribution is 0.0734. The van der Waals surface area contributed by atoms with Crippen LogP contribution in [0.2, 0.25) is 10.0 Å². The maximum absolute atomic E-state index is 13.4. The van der Waals surface area contributed by atoms with E-state index >= 15 is 0 Å². The van der Waals surface area contributed by atoms with E-state index in [2.05, 4.69) is 31.4 Å². The lowest BCUT2D eigenvalue weighted by Gasteiger charge is -2.09. The normalized spacial score (nSPS) is 11.2. The van der Waals surface area contributed by atoms with Crippen molar-refractivity contribution in [2.75, 3.05) is 0 Å². The summed E-state index contributed by atoms with van der Waals surface area (Å²) in [5.41, 5.74) is 7.95. The molecule has 0 aliphatic heterocycles. The van der Waals surface area contributed by atoms with E-state index in [1.54, 1.807) is 48.5 Å². The van der Waals surface area contributed by atoms with Crippen molar-refractivity contribution in [1.82, 2.24) is 10.4 Å². The average molecular weight is 635 g/mol. The number of rotatable bonds is 6. The topological polar surface area (TPSA) is 83.6 Å². The number of halogens is 3. The molecular weight excluding hydrogens is 613 g/mol. The van der Waals surface area contributed by atoms with Gasteiger partial charge in [-0.15, -0.1) is 0 Å². The summed E-state index contributed by atoms with van der Waals surface area (Å²) < 4.78 is 6.33. The zero-order valence-electron chi connectivity index (χ0n) is 21.4. The first-order chi connectivity index (χ1) is 19.2. The van der Waals surface area contributed by atoms with Crippen LogP contribution in [0.5, 0.6) is 5.75 Å². The van der Waals surface area contributed by atoms with Crippen LogP contribution in [0.15, 0.2) is 88.4 Å². The number of aromatic amines is 1. The van der Waals surface area contributed by atoms with Crippen LogP contribution in [-0.4, -0.2) is 23.1 Å². The maximum Gasteiger partial charge on any atom is 0.345 e. The van der Waals surface area contributed by atoms with Gasteiger partial charge in [-0.3, -0.25) is 4.79 Å². The number of hydrazone groups is 1. The summed E-state index contributed by atoms with van der Waals surface area (Å²) in [7, 11) is 0. The molecule has 2 N–H and O–H groups in total. The number of carbonyl (C=O) groups is 2. The number of esters is 1. The molecule has 0 saturated heterocycles. The highest BCUT2D eigenvalue weighted by Gasteiger charge is 2.22. The highest BCUT2D eigenvalue weighted by molar-refractivity contribution is 9.10. The summed E-state index contributed by atoms with van der Waals surface area (Å²) in [5, 5.41) is 5.87. The van der Waals surface area contributed by atoms with Crippen molar-refractivity contribution in [3.63, 3.8) is 0 Å². The van der Waals surface area contributed by atoms with Gasteiger partial charge in [0.25, 0.3) is 5.91 Å². The van der Waals surface area contributed by atoms with Crippen molar-refractivity contribution in [1.29, 1.82) is 0 Å². The van der Waals surface area contributed by atoms with Crippen molar-refractivity contribution >= 4 is 68.1 Å². The highest BCUT2D eigenvalue weighted by Crippen LogP contribution is 2.38. The first kappa shape index (κ1) is 27.6. The van der Waals surface area contributed by atoms with Crippen LogP contribution in [0.1, 0.15) is 37.5 Å². The summed E-state index contributed by atoms with van der Waals surface area (Å²) >= 11 is 16.1. The number of nitrogens with one attached hydrogen (secondary N) is 2. The standard InChI is InChI=1S/C31H22BrCl2N3O3/c1-17-13-18(2)28-23(14-17)27(21-7-3-5-9-24(21)33)29(36-28)30(38)37-35-16-19-15-20(32)11-12-26(19)40-31(39)22-8-4-6-10-25(22)34/h3-16,36H,1-2H3,(H,37,38). The number of hydrogen-bond donors (Lipinski definition) is 2. The molecule has 0 atom stereocenters. The summed E-state index contributed by atoms with van der Waals surface area (Å²) in [6.45, 7) is 3.99. The third-order valence-corrected chi connectivity index (χ3v) is 7.41. The van der Waals surface area contributed by atoms with Gasteiger partial charge < -0.3 is 9.72 Å². The SMILES string of the molecule is Cc1cc(C)c2[nH]c(C(=O)NN=Cc3cc(Br)ccc3OC(=O)c3ccccc3Cl)c(-c3ccccc3Cl)c2c1. The Hall–Kier alpha value is -3.91. The van der Waals surface area contributed by atoms with Crippen molar-refractivity contribution in [2.45, 2.75) is 13.8 Å². The van der Waals surface area contributed by atoms with Crippen molar-refractivity contribution in [2.24, 2.45) is 5.10 Å². The Morgan fingerprint density at radius 1 is 0.950 bits per heavy atom. The highest BCUT2D eigenvalue weighted by atomic mass is 79.9. The number of amides is 1. The third-order valence-electron chi connectivity index (χ3n) is 6.26. The van der Waals surface area contributed by atoms with Gasteiger partial charge >= 0.3 is 5.97 Å². The van der Waals surface area contributed by atoms with Crippen LogP contribution in [0.25, 0.3) is 22.0 Å². The molecule has 1 aromatic heterocycles. The summed E-state index contributed by atoms with van der Waals surface area (Å²) in [4.78, 5) is 29.4. The van der Waals surface area contributed by atoms with Gasteiger partial charge in [-0.05, 0) is 61.9 Å². The minimum atomic E-state index is -0.611. The van der Waals surface area contributed by atoms with Gasteiger partial charge in [0.2, 0.25) is 0 Å². The fraction of sp³-hybridized carbons (Fsp3) is 0.0645. The zero-order valence-corrected chi connectivity index (χ0v) is 24.5. The Balaban J connectivity index is 1.46. The van der Waals surface area contributed by atoms with Gasteiger partial charge in [0.05, 0.1) is 16.8 Å². The fourth-order valence-electron chi connectivity index (χ4n) is 4.48. The molecule has 200 valence electrons. The first-order valence-electron chi connectivity index (χ1n) is 12.2. The molecule has 0 saturated carbocycles. The molecule has 1 amide bonds. The van der Waals surface area contributed by atoms with E-state index in [0.29, 0.717) is 21.8 Å². The Kier molecular flexibility index (Phi) is 8.07. The first-order valence-corrected chi connectivity index (χ1v) is 13.8. The quantitative estimate of drug-likeness (QED) is 0.0850. The van der Waals surface area contributed by atoms with Crippen molar-refractivity contribution < 1.29 is 14.3 Å². The van der Waals surface area contributed by atoms with Crippen molar-refractivity contribution in [3.05, 3.63) is 121 Å². The summed E-state index contributed by atoms with van der Waals surface area (Å²) in [6, 6.07) is 23.2. The van der Waals surface area contributed by atoms with E-state index in [0.717, 1.165) is 32.1 Å². The molecule has 0 aliphatic carbocycles. The van der Waals surface area contributed by atoms with E-state index in [9.17, 15) is 9.59 Å². The van der Waals surface area contributed by atoms with Crippen LogP contribution in [0, 0.1) is 13.8 Å². The van der Waals surface area contributed by atoms with E-state index in [4.69, 9.17) is 27.9 Å². The second-order valence-corrected chi connectivity index (χ2v) is 10.8. The van der Waals surface area contributed by atoms with E-state index in [-0.39, 0.29) is 16.3 Å². The van der Waals surface area contributed by atoms with Crippen molar-refractivity contribution in [3.8, 4) is 16.9 Å². The summed E-state index contributed by atoms with van der Waals surface area (Å²) in [6.07, 6.45) is 1.41. The van der Waals surface area contributed by atoms with Gasteiger partial charge in [0, 0.05) is 37.1 Å². The number of nitrogens with zero attached hydrogens (tertiary/aromatic N) is 1. The predicted molar refractivity (Wildman–Crippen MR) is 164 cm³/mol. The number of ether oxygens (including phenoxy) is 1. The lowest BCUT2D eigenvalue weighted by atomic mass is 9.99. The second kappa shape index (κ2) is 11.7. The van der Waals surface area contributed by atoms with Gasteiger partial charge in [0.15, 0.2) is 0 Å². The Morgan fingerprint density at radius 3 is 2.42 bits per heavy atom. The van der Waals surface area contributed by atoms with Crippen LogP contribution in [0.4, 0.5) is 0 Å². The second-order valence-electron chi connectivity index (χ2n) is 9.11. The average Bonchev–Trinajstić information content (AvgIpc) is 3.30. The summed E-state index contributed by atoms with van der Waals surface area (Å²) in [5.74, 6) is -0.816. The van der Waals surface area contributed by atoms with Gasteiger partial charge in [-0.25, -0.2) is 10.2 Å². The zero-order chi connectivity index (χ0) is 28.4. The molecule has 9 heteroatoms. The van der Waals surface area contributed by atoms with Crippen LogP contribution in [-0.2, 0) is 0 Å². The molecular formula is C31H22BrCl2N3O3. The molecule has 40 heavy (non-hydrogen) atoms. The molecule has 5 aromatic rings. The van der Waals surface area contributed by atoms with Gasteiger partial charge in [-0.1, -0.05) is 81.1 Å². The number of aryl methyl sites for hydroxylation is 2.